The van der Waals surface area contributed by atoms with E-state index >= 15 is 0 Å². The van der Waals surface area contributed by atoms with Gasteiger partial charge >= 0.3 is 6.03 Å². The van der Waals surface area contributed by atoms with Crippen molar-refractivity contribution < 1.29 is 9.53 Å². The molecule has 0 spiro atoms. The van der Waals surface area contributed by atoms with Crippen LogP contribution in [0, 0.1) is 13.8 Å². The minimum absolute atomic E-state index is 0.0158. The SMILES string of the molecule is Cc1ccc(C)c([C@H](C)NC(=O)NCC2(N(C)C)CCOCC2)c1. The molecule has 0 radical (unpaired) electrons. The Hall–Kier alpha value is -1.59. The number of aryl methyl sites for hydroxylation is 2. The molecule has 5 heteroatoms. The van der Waals surface area contributed by atoms with E-state index in [2.05, 4.69) is 61.7 Å². The number of benzene rings is 1. The van der Waals surface area contributed by atoms with Gasteiger partial charge in [-0.1, -0.05) is 23.8 Å². The summed E-state index contributed by atoms with van der Waals surface area (Å²) in [6.45, 7) is 8.31. The second-order valence-electron chi connectivity index (χ2n) is 7.14. The first-order chi connectivity index (χ1) is 11.3. The number of urea groups is 1. The molecule has 0 aromatic heterocycles. The summed E-state index contributed by atoms with van der Waals surface area (Å²) in [6.07, 6.45) is 1.87. The second kappa shape index (κ2) is 7.99. The van der Waals surface area contributed by atoms with E-state index in [4.69, 9.17) is 4.74 Å². The lowest BCUT2D eigenvalue weighted by Crippen LogP contribution is -2.56. The molecule has 2 rings (SSSR count). The van der Waals surface area contributed by atoms with Crippen LogP contribution in [0.15, 0.2) is 18.2 Å². The van der Waals surface area contributed by atoms with Crippen molar-refractivity contribution in [3.63, 3.8) is 0 Å². The minimum atomic E-state index is -0.115. The second-order valence-corrected chi connectivity index (χ2v) is 7.14. The van der Waals surface area contributed by atoms with Gasteiger partial charge in [0.2, 0.25) is 0 Å². The van der Waals surface area contributed by atoms with Crippen molar-refractivity contribution in [2.24, 2.45) is 0 Å². The molecule has 1 aliphatic heterocycles. The summed E-state index contributed by atoms with van der Waals surface area (Å²) < 4.78 is 5.47. The summed E-state index contributed by atoms with van der Waals surface area (Å²) in [5.41, 5.74) is 3.55. The van der Waals surface area contributed by atoms with Gasteiger partial charge in [-0.15, -0.1) is 0 Å². The molecule has 1 aliphatic rings. The van der Waals surface area contributed by atoms with Crippen molar-refractivity contribution in [3.05, 3.63) is 34.9 Å². The molecule has 0 unspecified atom stereocenters. The molecule has 1 heterocycles. The first-order valence-electron chi connectivity index (χ1n) is 8.71. The average Bonchev–Trinajstić information content (AvgIpc) is 2.56. The Balaban J connectivity index is 1.93. The van der Waals surface area contributed by atoms with Gasteiger partial charge in [0, 0.05) is 25.3 Å². The third-order valence-electron chi connectivity index (χ3n) is 5.20. The lowest BCUT2D eigenvalue weighted by atomic mass is 9.88. The Morgan fingerprint density at radius 2 is 1.96 bits per heavy atom. The van der Waals surface area contributed by atoms with Gasteiger partial charge in [0.25, 0.3) is 0 Å². The number of likely N-dealkylation sites (N-methyl/N-ethyl adjacent to an activating group) is 1. The van der Waals surface area contributed by atoms with E-state index in [1.54, 1.807) is 0 Å². The molecular formula is C19H31N3O2. The highest BCUT2D eigenvalue weighted by Gasteiger charge is 2.35. The third-order valence-corrected chi connectivity index (χ3v) is 5.20. The maximum Gasteiger partial charge on any atom is 0.315 e. The summed E-state index contributed by atoms with van der Waals surface area (Å²) in [4.78, 5) is 14.6. The van der Waals surface area contributed by atoms with Gasteiger partial charge < -0.3 is 20.3 Å². The monoisotopic (exact) mass is 333 g/mol. The van der Waals surface area contributed by atoms with E-state index < -0.39 is 0 Å². The third kappa shape index (κ3) is 4.48. The largest absolute Gasteiger partial charge is 0.381 e. The molecule has 5 nitrogen and oxygen atoms in total. The molecule has 0 aliphatic carbocycles. The molecule has 24 heavy (non-hydrogen) atoms. The van der Waals surface area contributed by atoms with Crippen LogP contribution in [-0.2, 0) is 4.74 Å². The molecule has 1 atom stereocenters. The van der Waals surface area contributed by atoms with E-state index in [0.717, 1.165) is 26.1 Å². The topological polar surface area (TPSA) is 53.6 Å². The number of rotatable bonds is 5. The Labute approximate surface area is 145 Å². The van der Waals surface area contributed by atoms with Crippen LogP contribution in [0.2, 0.25) is 0 Å². The van der Waals surface area contributed by atoms with Crippen LogP contribution in [0.3, 0.4) is 0 Å². The molecule has 134 valence electrons. The molecule has 2 amide bonds. The molecule has 1 aromatic carbocycles. The molecular weight excluding hydrogens is 302 g/mol. The number of ether oxygens (including phenoxy) is 1. The number of hydrogen-bond acceptors (Lipinski definition) is 3. The number of nitrogens with zero attached hydrogens (tertiary/aromatic N) is 1. The lowest BCUT2D eigenvalue weighted by Gasteiger charge is -2.42. The van der Waals surface area contributed by atoms with E-state index in [-0.39, 0.29) is 17.6 Å². The summed E-state index contributed by atoms with van der Waals surface area (Å²) in [6, 6.07) is 6.20. The summed E-state index contributed by atoms with van der Waals surface area (Å²) in [5, 5.41) is 6.12. The van der Waals surface area contributed by atoms with Gasteiger partial charge in [-0.3, -0.25) is 0 Å². The quantitative estimate of drug-likeness (QED) is 0.871. The van der Waals surface area contributed by atoms with E-state index in [1.807, 2.05) is 6.92 Å². The van der Waals surface area contributed by atoms with Crippen molar-refractivity contribution in [1.82, 2.24) is 15.5 Å². The maximum atomic E-state index is 12.4. The Bertz CT molecular complexity index is 566. The smallest absolute Gasteiger partial charge is 0.315 e. The highest BCUT2D eigenvalue weighted by Crippen LogP contribution is 2.25. The number of carbonyl (C=O) groups is 1. The zero-order chi connectivity index (χ0) is 17.7. The molecule has 0 saturated carbocycles. The minimum Gasteiger partial charge on any atom is -0.381 e. The molecule has 1 fully saturated rings. The van der Waals surface area contributed by atoms with Gasteiger partial charge in [0.1, 0.15) is 0 Å². The fourth-order valence-electron chi connectivity index (χ4n) is 3.33. The number of hydrogen-bond donors (Lipinski definition) is 2. The maximum absolute atomic E-state index is 12.4. The van der Waals surface area contributed by atoms with Crippen LogP contribution >= 0.6 is 0 Å². The Morgan fingerprint density at radius 3 is 2.58 bits per heavy atom. The number of amides is 2. The highest BCUT2D eigenvalue weighted by molar-refractivity contribution is 5.74. The van der Waals surface area contributed by atoms with Gasteiger partial charge in [-0.25, -0.2) is 4.79 Å². The van der Waals surface area contributed by atoms with Crippen LogP contribution in [0.5, 0.6) is 0 Å². The Kier molecular flexibility index (Phi) is 6.24. The van der Waals surface area contributed by atoms with Crippen molar-refractivity contribution in [3.8, 4) is 0 Å². The van der Waals surface area contributed by atoms with Crippen molar-refractivity contribution in [1.29, 1.82) is 0 Å². The van der Waals surface area contributed by atoms with E-state index in [1.165, 1.54) is 16.7 Å². The summed E-state index contributed by atoms with van der Waals surface area (Å²) >= 11 is 0. The van der Waals surface area contributed by atoms with Gasteiger partial charge in [0.05, 0.1) is 6.04 Å². The van der Waals surface area contributed by atoms with Crippen molar-refractivity contribution >= 4 is 6.03 Å². The fraction of sp³-hybridized carbons (Fsp3) is 0.632. The summed E-state index contributed by atoms with van der Waals surface area (Å²) in [7, 11) is 4.15. The van der Waals surface area contributed by atoms with Crippen LogP contribution in [0.1, 0.15) is 42.5 Å². The highest BCUT2D eigenvalue weighted by atomic mass is 16.5. The summed E-state index contributed by atoms with van der Waals surface area (Å²) in [5.74, 6) is 0. The van der Waals surface area contributed by atoms with Crippen molar-refractivity contribution in [2.75, 3.05) is 33.9 Å². The normalized spacial score (nSPS) is 18.2. The van der Waals surface area contributed by atoms with Gasteiger partial charge in [0.15, 0.2) is 0 Å². The van der Waals surface area contributed by atoms with E-state index in [9.17, 15) is 4.79 Å². The van der Waals surface area contributed by atoms with Crippen LogP contribution < -0.4 is 10.6 Å². The van der Waals surface area contributed by atoms with E-state index in [0.29, 0.717) is 6.54 Å². The number of carbonyl (C=O) groups excluding carboxylic acids is 1. The zero-order valence-electron chi connectivity index (χ0n) is 15.6. The lowest BCUT2D eigenvalue weighted by molar-refractivity contribution is -0.00574. The van der Waals surface area contributed by atoms with Crippen LogP contribution in [0.4, 0.5) is 4.79 Å². The van der Waals surface area contributed by atoms with Gasteiger partial charge in [-0.2, -0.15) is 0 Å². The van der Waals surface area contributed by atoms with Gasteiger partial charge in [-0.05, 0) is 58.8 Å². The average molecular weight is 333 g/mol. The molecule has 1 saturated heterocycles. The predicted molar refractivity (Wildman–Crippen MR) is 97.3 cm³/mol. The predicted octanol–water partition coefficient (Wildman–Crippen LogP) is 2.77. The Morgan fingerprint density at radius 1 is 1.29 bits per heavy atom. The van der Waals surface area contributed by atoms with Crippen LogP contribution in [0.25, 0.3) is 0 Å². The first kappa shape index (κ1) is 18.7. The number of nitrogens with one attached hydrogen (secondary N) is 2. The molecule has 1 aromatic rings. The van der Waals surface area contributed by atoms with Crippen LogP contribution in [-0.4, -0.2) is 50.3 Å². The van der Waals surface area contributed by atoms with Crippen molar-refractivity contribution in [2.45, 2.75) is 45.2 Å². The molecule has 0 bridgehead atoms. The fourth-order valence-corrected chi connectivity index (χ4v) is 3.33. The zero-order valence-corrected chi connectivity index (χ0v) is 15.6. The standard InChI is InChI=1S/C19H31N3O2/c1-14-6-7-15(2)17(12-14)16(3)21-18(23)20-13-19(22(4)5)8-10-24-11-9-19/h6-7,12,16H,8-11,13H2,1-5H3,(H2,20,21,23)/t16-/m0/s1. The molecule has 2 N–H and O–H groups in total. The first-order valence-corrected chi connectivity index (χ1v) is 8.71.